The first-order valence-electron chi connectivity index (χ1n) is 9.36. The van der Waals surface area contributed by atoms with E-state index in [1.54, 1.807) is 17.5 Å². The molecule has 0 unspecified atom stereocenters. The Morgan fingerprint density at radius 3 is 2.62 bits per heavy atom. The molecule has 3 heterocycles. The van der Waals surface area contributed by atoms with E-state index in [1.807, 2.05) is 35.0 Å². The molecule has 0 aliphatic carbocycles. The van der Waals surface area contributed by atoms with Crippen LogP contribution in [0, 0.1) is 13.8 Å². The van der Waals surface area contributed by atoms with E-state index in [2.05, 4.69) is 60.1 Å². The minimum Gasteiger partial charge on any atom is -0.321 e. The van der Waals surface area contributed by atoms with Crippen molar-refractivity contribution >= 4 is 49.9 Å². The third-order valence-electron chi connectivity index (χ3n) is 4.74. The second kappa shape index (κ2) is 7.72. The lowest BCUT2D eigenvalue weighted by Gasteiger charge is -2.11. The van der Waals surface area contributed by atoms with E-state index in [-0.39, 0.29) is 11.9 Å². The molecule has 0 aliphatic heterocycles. The highest BCUT2D eigenvalue weighted by Crippen LogP contribution is 2.33. The van der Waals surface area contributed by atoms with Gasteiger partial charge in [0.1, 0.15) is 0 Å². The van der Waals surface area contributed by atoms with Crippen LogP contribution in [0.25, 0.3) is 22.3 Å². The average molecular weight is 469 g/mol. The van der Waals surface area contributed by atoms with Crippen molar-refractivity contribution in [3.63, 3.8) is 0 Å². The van der Waals surface area contributed by atoms with Gasteiger partial charge in [-0.3, -0.25) is 4.79 Å². The summed E-state index contributed by atoms with van der Waals surface area (Å²) in [5.74, 6) is -0.182. The van der Waals surface area contributed by atoms with Crippen molar-refractivity contribution < 1.29 is 4.79 Å². The van der Waals surface area contributed by atoms with Crippen LogP contribution >= 0.6 is 27.3 Å². The fourth-order valence-electron chi connectivity index (χ4n) is 3.36. The Morgan fingerprint density at radius 1 is 1.21 bits per heavy atom. The average Bonchev–Trinajstić information content (AvgIpc) is 3.25. The van der Waals surface area contributed by atoms with Gasteiger partial charge >= 0.3 is 0 Å². The molecule has 0 bridgehead atoms. The van der Waals surface area contributed by atoms with Crippen LogP contribution in [0.15, 0.2) is 47.1 Å². The molecular weight excluding hydrogens is 448 g/mol. The monoisotopic (exact) mass is 468 g/mol. The second-order valence-electron chi connectivity index (χ2n) is 7.24. The van der Waals surface area contributed by atoms with Gasteiger partial charge in [-0.25, -0.2) is 9.67 Å². The van der Waals surface area contributed by atoms with Gasteiger partial charge in [0.05, 0.1) is 28.5 Å². The van der Waals surface area contributed by atoms with Crippen molar-refractivity contribution in [1.29, 1.82) is 0 Å². The number of aromatic nitrogens is 3. The van der Waals surface area contributed by atoms with E-state index in [1.165, 1.54) is 9.75 Å². The van der Waals surface area contributed by atoms with Crippen LogP contribution in [-0.4, -0.2) is 20.7 Å². The number of halogens is 1. The topological polar surface area (TPSA) is 59.8 Å². The summed E-state index contributed by atoms with van der Waals surface area (Å²) < 4.78 is 2.70. The third-order valence-corrected chi connectivity index (χ3v) is 6.40. The zero-order valence-corrected chi connectivity index (χ0v) is 19.1. The number of thiophene rings is 1. The highest BCUT2D eigenvalue weighted by atomic mass is 79.9. The molecular formula is C22H21BrN4OS. The summed E-state index contributed by atoms with van der Waals surface area (Å²) in [6.07, 6.45) is 1.73. The zero-order chi connectivity index (χ0) is 20.7. The van der Waals surface area contributed by atoms with Gasteiger partial charge in [-0.1, -0.05) is 12.1 Å². The molecule has 0 radical (unpaired) electrons. The predicted octanol–water partition coefficient (Wildman–Crippen LogP) is 6.37. The van der Waals surface area contributed by atoms with E-state index in [9.17, 15) is 4.79 Å². The zero-order valence-electron chi connectivity index (χ0n) is 16.7. The molecule has 0 saturated carbocycles. The van der Waals surface area contributed by atoms with Crippen molar-refractivity contribution in [2.75, 3.05) is 5.32 Å². The molecule has 148 valence electrons. The minimum absolute atomic E-state index is 0.139. The number of anilines is 1. The summed E-state index contributed by atoms with van der Waals surface area (Å²) in [5.41, 5.74) is 3.86. The van der Waals surface area contributed by atoms with Crippen LogP contribution in [0.5, 0.6) is 0 Å². The van der Waals surface area contributed by atoms with Crippen molar-refractivity contribution in [3.05, 3.63) is 62.4 Å². The Kier molecular flexibility index (Phi) is 5.27. The van der Waals surface area contributed by atoms with Crippen LogP contribution in [0.3, 0.4) is 0 Å². The van der Waals surface area contributed by atoms with Crippen molar-refractivity contribution in [3.8, 4) is 11.3 Å². The van der Waals surface area contributed by atoms with Crippen molar-refractivity contribution in [1.82, 2.24) is 14.8 Å². The minimum atomic E-state index is -0.182. The summed E-state index contributed by atoms with van der Waals surface area (Å²) >= 11 is 5.22. The van der Waals surface area contributed by atoms with Gasteiger partial charge < -0.3 is 5.32 Å². The lowest BCUT2D eigenvalue weighted by molar-refractivity contribution is 0.102. The first-order chi connectivity index (χ1) is 13.8. The Morgan fingerprint density at radius 2 is 1.97 bits per heavy atom. The summed E-state index contributed by atoms with van der Waals surface area (Å²) in [7, 11) is 0. The van der Waals surface area contributed by atoms with Crippen molar-refractivity contribution in [2.24, 2.45) is 0 Å². The molecule has 3 aromatic heterocycles. The van der Waals surface area contributed by atoms with Crippen molar-refractivity contribution in [2.45, 2.75) is 33.7 Å². The molecule has 4 aromatic rings. The number of para-hydroxylation sites is 1. The van der Waals surface area contributed by atoms with Gasteiger partial charge in [0.2, 0.25) is 0 Å². The van der Waals surface area contributed by atoms with Crippen LogP contribution in [0.4, 0.5) is 5.69 Å². The fraction of sp³-hybridized carbons (Fsp3) is 0.227. The summed E-state index contributed by atoms with van der Waals surface area (Å²) in [6, 6.07) is 11.7. The Hall–Kier alpha value is -2.51. The molecule has 7 heteroatoms. The molecule has 0 fully saturated rings. The van der Waals surface area contributed by atoms with Crippen LogP contribution in [-0.2, 0) is 0 Å². The highest BCUT2D eigenvalue weighted by Gasteiger charge is 2.20. The summed E-state index contributed by atoms with van der Waals surface area (Å²) in [6.45, 7) is 8.28. The number of fused-ring (bicyclic) bond motifs is 1. The second-order valence-corrected chi connectivity index (χ2v) is 9.55. The number of benzene rings is 1. The number of carbonyl (C=O) groups is 1. The number of aryl methyl sites for hydroxylation is 2. The SMILES string of the molecule is Cc1cc(-c2cc(C(=O)Nc3ccccc3Br)c3cnn(C(C)C)c3n2)c(C)s1. The first kappa shape index (κ1) is 19.8. The number of carbonyl (C=O) groups excluding carboxylic acids is 1. The van der Waals surface area contributed by atoms with E-state index in [0.29, 0.717) is 5.56 Å². The lowest BCUT2D eigenvalue weighted by atomic mass is 10.1. The Balaban J connectivity index is 1.89. The molecule has 0 saturated heterocycles. The molecule has 0 atom stereocenters. The van der Waals surface area contributed by atoms with Gasteiger partial charge in [-0.05, 0) is 67.9 Å². The standard InChI is InChI=1S/C22H21BrN4OS/c1-12(2)27-21-17(11-24-27)16(22(28)26-19-8-6-5-7-18(19)23)10-20(25-21)15-9-13(3)29-14(15)4/h5-12H,1-4H3,(H,26,28). The van der Waals surface area contributed by atoms with Crippen LogP contribution < -0.4 is 5.32 Å². The largest absolute Gasteiger partial charge is 0.321 e. The summed E-state index contributed by atoms with van der Waals surface area (Å²) in [4.78, 5) is 20.5. The molecule has 1 aromatic carbocycles. The lowest BCUT2D eigenvalue weighted by Crippen LogP contribution is -2.13. The number of nitrogens with zero attached hydrogens (tertiary/aromatic N) is 3. The number of hydrogen-bond acceptors (Lipinski definition) is 4. The maximum absolute atomic E-state index is 13.2. The fourth-order valence-corrected chi connectivity index (χ4v) is 4.68. The van der Waals surface area contributed by atoms with E-state index in [4.69, 9.17) is 4.98 Å². The summed E-state index contributed by atoms with van der Waals surface area (Å²) in [5, 5.41) is 8.25. The molecule has 1 amide bonds. The molecule has 4 rings (SSSR count). The number of hydrogen-bond donors (Lipinski definition) is 1. The Labute approximate surface area is 181 Å². The van der Waals surface area contributed by atoms with Gasteiger partial charge in [0.25, 0.3) is 5.91 Å². The third kappa shape index (κ3) is 3.72. The number of pyridine rings is 1. The first-order valence-corrected chi connectivity index (χ1v) is 11.0. The van der Waals surface area contributed by atoms with E-state index < -0.39 is 0 Å². The van der Waals surface area contributed by atoms with E-state index >= 15 is 0 Å². The van der Waals surface area contributed by atoms with Gasteiger partial charge in [-0.2, -0.15) is 5.10 Å². The van der Waals surface area contributed by atoms with Gasteiger partial charge in [0.15, 0.2) is 5.65 Å². The normalized spacial score (nSPS) is 11.4. The molecule has 0 spiro atoms. The molecule has 29 heavy (non-hydrogen) atoms. The van der Waals surface area contributed by atoms with Crippen LogP contribution in [0.1, 0.15) is 40.0 Å². The number of amides is 1. The highest BCUT2D eigenvalue weighted by molar-refractivity contribution is 9.10. The van der Waals surface area contributed by atoms with Gasteiger partial charge in [-0.15, -0.1) is 11.3 Å². The van der Waals surface area contributed by atoms with Crippen LogP contribution in [0.2, 0.25) is 0 Å². The maximum Gasteiger partial charge on any atom is 0.256 e. The maximum atomic E-state index is 13.2. The smallest absolute Gasteiger partial charge is 0.256 e. The molecule has 1 N–H and O–H groups in total. The Bertz CT molecular complexity index is 1230. The quantitative estimate of drug-likeness (QED) is 0.378. The van der Waals surface area contributed by atoms with Gasteiger partial charge in [0, 0.05) is 25.8 Å². The number of rotatable bonds is 4. The molecule has 0 aliphatic rings. The predicted molar refractivity (Wildman–Crippen MR) is 123 cm³/mol. The van der Waals surface area contributed by atoms with E-state index in [0.717, 1.165) is 32.5 Å². The number of nitrogens with one attached hydrogen (secondary N) is 1. The molecule has 5 nitrogen and oxygen atoms in total.